The number of carbonyl (C=O) groups is 1. The number of nitrogens with zero attached hydrogens (tertiary/aromatic N) is 1. The zero-order valence-corrected chi connectivity index (χ0v) is 25.5. The predicted molar refractivity (Wildman–Crippen MR) is 171 cm³/mol. The minimum atomic E-state index is -0.0470. The van der Waals surface area contributed by atoms with Crippen LogP contribution in [0.5, 0.6) is 5.75 Å². The van der Waals surface area contributed by atoms with E-state index in [2.05, 4.69) is 105 Å². The van der Waals surface area contributed by atoms with Gasteiger partial charge in [0.2, 0.25) is 6.41 Å². The van der Waals surface area contributed by atoms with E-state index in [1.54, 1.807) is 7.11 Å². The van der Waals surface area contributed by atoms with E-state index in [-0.39, 0.29) is 5.41 Å². The number of benzene rings is 3. The van der Waals surface area contributed by atoms with Crippen molar-refractivity contribution in [3.63, 3.8) is 0 Å². The Hall–Kier alpha value is -3.51. The van der Waals surface area contributed by atoms with Gasteiger partial charge in [0.25, 0.3) is 0 Å². The quantitative estimate of drug-likeness (QED) is 0.225. The van der Waals surface area contributed by atoms with Crippen molar-refractivity contribution in [2.75, 3.05) is 44.4 Å². The van der Waals surface area contributed by atoms with Gasteiger partial charge in [-0.05, 0) is 91.2 Å². The van der Waals surface area contributed by atoms with Crippen LogP contribution in [-0.4, -0.2) is 40.2 Å². The Balaban J connectivity index is 0.000000315. The first-order chi connectivity index (χ1) is 19.2. The van der Waals surface area contributed by atoms with Crippen LogP contribution in [0.3, 0.4) is 0 Å². The second-order valence-corrected chi connectivity index (χ2v) is 11.0. The number of hydrogen-bond acceptors (Lipinski definition) is 5. The first kappa shape index (κ1) is 32.7. The maximum atomic E-state index is 10.9. The molecule has 0 bridgehead atoms. The van der Waals surface area contributed by atoms with Gasteiger partial charge in [-0.25, -0.2) is 0 Å². The Bertz CT molecular complexity index is 1160. The number of rotatable bonds is 8. The third kappa shape index (κ3) is 8.75. The van der Waals surface area contributed by atoms with Gasteiger partial charge in [-0.1, -0.05) is 64.1 Å². The van der Waals surface area contributed by atoms with Crippen LogP contribution in [0.2, 0.25) is 0 Å². The number of hydrogen-bond donors (Lipinski definition) is 3. The van der Waals surface area contributed by atoms with Gasteiger partial charge in [0, 0.05) is 36.4 Å². The van der Waals surface area contributed by atoms with E-state index in [1.807, 2.05) is 12.1 Å². The van der Waals surface area contributed by atoms with Crippen molar-refractivity contribution in [3.8, 4) is 5.75 Å². The average Bonchev–Trinajstić information content (AvgIpc) is 2.97. The molecule has 218 valence electrons. The minimum Gasteiger partial charge on any atom is -0.497 e. The molecule has 1 fully saturated rings. The Morgan fingerprint density at radius 1 is 0.925 bits per heavy atom. The number of aryl methyl sites for hydroxylation is 1. The molecule has 3 aromatic carbocycles. The number of piperidine rings is 1. The van der Waals surface area contributed by atoms with Crippen LogP contribution in [-0.2, 0) is 10.2 Å². The summed E-state index contributed by atoms with van der Waals surface area (Å²) >= 11 is 0. The van der Waals surface area contributed by atoms with Crippen molar-refractivity contribution in [1.82, 2.24) is 5.32 Å². The van der Waals surface area contributed by atoms with E-state index >= 15 is 0 Å². The van der Waals surface area contributed by atoms with E-state index < -0.39 is 0 Å². The van der Waals surface area contributed by atoms with Gasteiger partial charge in [-0.2, -0.15) is 0 Å². The molecule has 0 aromatic heterocycles. The Morgan fingerprint density at radius 3 is 2.05 bits per heavy atom. The molecule has 3 aromatic rings. The molecule has 6 nitrogen and oxygen atoms in total. The summed E-state index contributed by atoms with van der Waals surface area (Å²) in [6.45, 7) is 13.5. The Labute approximate surface area is 242 Å². The SMILES string of the molecule is CC(C)c1cc(N)cc(C(C)C)c1.CN.COc1cccc(C2(CNC=O)CCN(c3ccccc3C)CC2)c1. The lowest BCUT2D eigenvalue weighted by atomic mass is 9.72. The molecule has 6 heteroatoms. The van der Waals surface area contributed by atoms with Crippen molar-refractivity contribution in [2.45, 2.75) is 64.7 Å². The van der Waals surface area contributed by atoms with Gasteiger partial charge in [0.1, 0.15) is 5.75 Å². The highest BCUT2D eigenvalue weighted by atomic mass is 16.5. The van der Waals surface area contributed by atoms with Gasteiger partial charge < -0.3 is 26.4 Å². The highest BCUT2D eigenvalue weighted by molar-refractivity contribution is 5.54. The van der Waals surface area contributed by atoms with Crippen molar-refractivity contribution in [3.05, 3.63) is 89.0 Å². The van der Waals surface area contributed by atoms with Crippen LogP contribution < -0.4 is 26.4 Å². The van der Waals surface area contributed by atoms with E-state index in [4.69, 9.17) is 10.5 Å². The van der Waals surface area contributed by atoms with Gasteiger partial charge in [0.05, 0.1) is 7.11 Å². The standard InChI is InChI=1S/C21H26N2O2.C12H19N.CH5N/c1-17-6-3-4-9-20(17)23-12-10-21(11-13-23,15-22-16-24)18-7-5-8-19(14-18)25-2;1-8(2)10-5-11(9(3)4)7-12(13)6-10;1-2/h3-9,14,16H,10-13,15H2,1-2H3,(H,22,24);5-9H,13H2,1-4H3;2H2,1H3. The molecule has 1 aliphatic rings. The number of amides is 1. The number of nitrogens with one attached hydrogen (secondary N) is 1. The van der Waals surface area contributed by atoms with Crippen molar-refractivity contribution < 1.29 is 9.53 Å². The molecule has 0 unspecified atom stereocenters. The molecule has 40 heavy (non-hydrogen) atoms. The highest BCUT2D eigenvalue weighted by Gasteiger charge is 2.36. The minimum absolute atomic E-state index is 0.0470. The molecule has 1 saturated heterocycles. The number of ether oxygens (including phenoxy) is 1. The first-order valence-corrected chi connectivity index (χ1v) is 14.3. The second kappa shape index (κ2) is 15.9. The number of nitrogen functional groups attached to an aromatic ring is 1. The summed E-state index contributed by atoms with van der Waals surface area (Å²) in [6, 6.07) is 23.2. The van der Waals surface area contributed by atoms with Crippen molar-refractivity contribution >= 4 is 17.8 Å². The van der Waals surface area contributed by atoms with Crippen molar-refractivity contribution in [2.24, 2.45) is 5.73 Å². The molecule has 4 rings (SSSR count). The Morgan fingerprint density at radius 2 is 1.52 bits per heavy atom. The van der Waals surface area contributed by atoms with Gasteiger partial charge in [0.15, 0.2) is 0 Å². The first-order valence-electron chi connectivity index (χ1n) is 14.3. The molecule has 0 spiro atoms. The summed E-state index contributed by atoms with van der Waals surface area (Å²) in [5.41, 5.74) is 17.7. The van der Waals surface area contributed by atoms with Crippen LogP contribution in [0.1, 0.15) is 74.6 Å². The highest BCUT2D eigenvalue weighted by Crippen LogP contribution is 2.38. The summed E-state index contributed by atoms with van der Waals surface area (Å²) in [6.07, 6.45) is 2.79. The molecule has 0 saturated carbocycles. The monoisotopic (exact) mass is 546 g/mol. The summed E-state index contributed by atoms with van der Waals surface area (Å²) in [5, 5.41) is 2.92. The smallest absolute Gasteiger partial charge is 0.207 e. The fraction of sp³-hybridized carbons (Fsp3) is 0.441. The molecule has 0 radical (unpaired) electrons. The Kier molecular flexibility index (Phi) is 13.0. The number of para-hydroxylation sites is 1. The van der Waals surface area contributed by atoms with E-state index in [0.717, 1.165) is 43.8 Å². The molecular formula is C34H50N4O2. The van der Waals surface area contributed by atoms with E-state index in [9.17, 15) is 4.79 Å². The zero-order chi connectivity index (χ0) is 29.7. The van der Waals surface area contributed by atoms with Gasteiger partial charge >= 0.3 is 0 Å². The third-order valence-corrected chi connectivity index (χ3v) is 7.72. The summed E-state index contributed by atoms with van der Waals surface area (Å²) in [4.78, 5) is 13.4. The molecule has 1 amide bonds. The van der Waals surface area contributed by atoms with Crippen LogP contribution >= 0.6 is 0 Å². The predicted octanol–water partition coefficient (Wildman–Crippen LogP) is 6.38. The van der Waals surface area contributed by atoms with Crippen LogP contribution in [0.4, 0.5) is 11.4 Å². The van der Waals surface area contributed by atoms with Gasteiger partial charge in [-0.3, -0.25) is 4.79 Å². The largest absolute Gasteiger partial charge is 0.497 e. The van der Waals surface area contributed by atoms with Gasteiger partial charge in [-0.15, -0.1) is 0 Å². The number of nitrogens with two attached hydrogens (primary N) is 2. The molecule has 0 aliphatic carbocycles. The zero-order valence-electron chi connectivity index (χ0n) is 25.5. The van der Waals surface area contributed by atoms with Crippen LogP contribution in [0.25, 0.3) is 0 Å². The third-order valence-electron chi connectivity index (χ3n) is 7.72. The maximum absolute atomic E-state index is 10.9. The summed E-state index contributed by atoms with van der Waals surface area (Å²) in [5.74, 6) is 1.98. The lowest BCUT2D eigenvalue weighted by Crippen LogP contribution is -2.48. The van der Waals surface area contributed by atoms with E-state index in [1.165, 1.54) is 35.0 Å². The summed E-state index contributed by atoms with van der Waals surface area (Å²) in [7, 11) is 3.19. The fourth-order valence-electron chi connectivity index (χ4n) is 5.22. The molecule has 1 heterocycles. The number of methoxy groups -OCH3 is 1. The maximum Gasteiger partial charge on any atom is 0.207 e. The number of anilines is 2. The van der Waals surface area contributed by atoms with Crippen LogP contribution in [0.15, 0.2) is 66.7 Å². The van der Waals surface area contributed by atoms with E-state index in [0.29, 0.717) is 18.4 Å². The lowest BCUT2D eigenvalue weighted by molar-refractivity contribution is -0.109. The topological polar surface area (TPSA) is 93.6 Å². The molecule has 0 atom stereocenters. The van der Waals surface area contributed by atoms with Crippen molar-refractivity contribution in [1.29, 1.82) is 0 Å². The normalized spacial score (nSPS) is 14.0. The molecular weight excluding hydrogens is 496 g/mol. The number of carbonyl (C=O) groups excluding carboxylic acids is 1. The molecule has 5 N–H and O–H groups in total. The second-order valence-electron chi connectivity index (χ2n) is 11.0. The fourth-order valence-corrected chi connectivity index (χ4v) is 5.22. The average molecular weight is 547 g/mol. The lowest BCUT2D eigenvalue weighted by Gasteiger charge is -2.43. The summed E-state index contributed by atoms with van der Waals surface area (Å²) < 4.78 is 5.40. The van der Waals surface area contributed by atoms with Crippen LogP contribution in [0, 0.1) is 6.92 Å². The molecule has 1 aliphatic heterocycles.